The number of amides is 1. The molecule has 1 aromatic rings. The molecule has 0 radical (unpaired) electrons. The van der Waals surface area contributed by atoms with Gasteiger partial charge >= 0.3 is 0 Å². The molecule has 0 aliphatic carbocycles. The molecule has 5 nitrogen and oxygen atoms in total. The number of carbonyl (C=O) groups excluding carboxylic acids is 1. The first-order valence-electron chi connectivity index (χ1n) is 6.51. The zero-order valence-electron chi connectivity index (χ0n) is 12.2. The van der Waals surface area contributed by atoms with Crippen molar-refractivity contribution < 1.29 is 9.90 Å². The maximum absolute atomic E-state index is 12.1. The zero-order valence-corrected chi connectivity index (χ0v) is 13.0. The summed E-state index contributed by atoms with van der Waals surface area (Å²) in [4.78, 5) is 12.6. The summed E-state index contributed by atoms with van der Waals surface area (Å²) in [5.74, 6) is 0.199. The van der Waals surface area contributed by atoms with Gasteiger partial charge in [0, 0.05) is 12.0 Å². The Kier molecular flexibility index (Phi) is 5.43. The fraction of sp³-hybridized carbons (Fsp3) is 0.769. The van der Waals surface area contributed by atoms with Gasteiger partial charge in [-0.05, 0) is 23.9 Å². The molecule has 1 rings (SSSR count). The van der Waals surface area contributed by atoms with Gasteiger partial charge in [-0.1, -0.05) is 39.1 Å². The lowest BCUT2D eigenvalue weighted by atomic mass is 9.91. The van der Waals surface area contributed by atoms with Crippen molar-refractivity contribution in [3.63, 3.8) is 0 Å². The van der Waals surface area contributed by atoms with Gasteiger partial charge < -0.3 is 10.4 Å². The van der Waals surface area contributed by atoms with Gasteiger partial charge in [0.15, 0.2) is 0 Å². The van der Waals surface area contributed by atoms with Crippen LogP contribution in [0.4, 0.5) is 0 Å². The minimum atomic E-state index is -0.511. The molecule has 1 heterocycles. The van der Waals surface area contributed by atoms with E-state index in [0.29, 0.717) is 22.9 Å². The first-order valence-corrected chi connectivity index (χ1v) is 7.28. The van der Waals surface area contributed by atoms with Crippen molar-refractivity contribution in [2.75, 3.05) is 6.54 Å². The Morgan fingerprint density at radius 1 is 1.42 bits per heavy atom. The molecular formula is C13H23N3O2S. The number of nitrogens with zero attached hydrogens (tertiary/aromatic N) is 2. The molecule has 1 atom stereocenters. The van der Waals surface area contributed by atoms with Crippen LogP contribution in [0.5, 0.6) is 0 Å². The fourth-order valence-corrected chi connectivity index (χ4v) is 2.54. The Hall–Kier alpha value is -1.01. The smallest absolute Gasteiger partial charge is 0.265 e. The topological polar surface area (TPSA) is 75.1 Å². The summed E-state index contributed by atoms with van der Waals surface area (Å²) in [5, 5.41) is 16.5. The van der Waals surface area contributed by atoms with E-state index >= 15 is 0 Å². The minimum Gasteiger partial charge on any atom is -0.391 e. The SMILES string of the molecule is CC(C)CC(O)CNC(=O)c1snnc1C(C)(C)C. The van der Waals surface area contributed by atoms with E-state index in [-0.39, 0.29) is 17.9 Å². The third kappa shape index (κ3) is 4.87. The lowest BCUT2D eigenvalue weighted by molar-refractivity contribution is 0.0902. The largest absolute Gasteiger partial charge is 0.391 e. The molecule has 0 saturated heterocycles. The van der Waals surface area contributed by atoms with E-state index in [1.54, 1.807) is 0 Å². The highest BCUT2D eigenvalue weighted by Gasteiger charge is 2.26. The van der Waals surface area contributed by atoms with Crippen LogP contribution in [0.3, 0.4) is 0 Å². The van der Waals surface area contributed by atoms with Gasteiger partial charge in [0.2, 0.25) is 0 Å². The van der Waals surface area contributed by atoms with Crippen LogP contribution in [0, 0.1) is 5.92 Å². The second kappa shape index (κ2) is 6.43. The summed E-state index contributed by atoms with van der Waals surface area (Å²) in [6.07, 6.45) is 0.163. The van der Waals surface area contributed by atoms with Crippen molar-refractivity contribution in [1.29, 1.82) is 0 Å². The lowest BCUT2D eigenvalue weighted by Gasteiger charge is -2.17. The van der Waals surface area contributed by atoms with E-state index in [1.165, 1.54) is 0 Å². The van der Waals surface area contributed by atoms with Gasteiger partial charge in [-0.25, -0.2) is 0 Å². The van der Waals surface area contributed by atoms with Crippen molar-refractivity contribution in [2.24, 2.45) is 5.92 Å². The number of hydrogen-bond donors (Lipinski definition) is 2. The molecule has 1 aromatic heterocycles. The van der Waals surface area contributed by atoms with Crippen molar-refractivity contribution in [3.8, 4) is 0 Å². The number of aromatic nitrogens is 2. The Morgan fingerprint density at radius 2 is 2.05 bits per heavy atom. The molecule has 0 aliphatic rings. The van der Waals surface area contributed by atoms with E-state index in [1.807, 2.05) is 34.6 Å². The van der Waals surface area contributed by atoms with Crippen molar-refractivity contribution >= 4 is 17.4 Å². The highest BCUT2D eigenvalue weighted by molar-refractivity contribution is 7.08. The first-order chi connectivity index (χ1) is 8.71. The van der Waals surface area contributed by atoms with Gasteiger partial charge in [-0.2, -0.15) is 0 Å². The molecule has 0 fully saturated rings. The maximum atomic E-state index is 12.1. The fourth-order valence-electron chi connectivity index (χ4n) is 1.75. The standard InChI is InChI=1S/C13H23N3O2S/c1-8(2)6-9(17)7-14-12(18)10-11(13(3,4)5)15-16-19-10/h8-9,17H,6-7H2,1-5H3,(H,14,18). The van der Waals surface area contributed by atoms with E-state index in [2.05, 4.69) is 14.9 Å². The van der Waals surface area contributed by atoms with E-state index in [0.717, 1.165) is 11.5 Å². The highest BCUT2D eigenvalue weighted by atomic mass is 32.1. The lowest BCUT2D eigenvalue weighted by Crippen LogP contribution is -2.33. The molecule has 1 unspecified atom stereocenters. The van der Waals surface area contributed by atoms with Gasteiger partial charge in [-0.3, -0.25) is 4.79 Å². The van der Waals surface area contributed by atoms with E-state index < -0.39 is 6.10 Å². The molecule has 0 saturated carbocycles. The second-order valence-electron chi connectivity index (χ2n) is 6.19. The molecule has 0 spiro atoms. The van der Waals surface area contributed by atoms with Crippen LogP contribution < -0.4 is 5.32 Å². The van der Waals surface area contributed by atoms with Crippen molar-refractivity contribution in [2.45, 2.75) is 52.6 Å². The van der Waals surface area contributed by atoms with Crippen LogP contribution in [-0.4, -0.2) is 33.2 Å². The second-order valence-corrected chi connectivity index (χ2v) is 6.95. The van der Waals surface area contributed by atoms with Gasteiger partial charge in [-0.15, -0.1) is 5.10 Å². The summed E-state index contributed by atoms with van der Waals surface area (Å²) >= 11 is 1.10. The average molecular weight is 285 g/mol. The Morgan fingerprint density at radius 3 is 2.58 bits per heavy atom. The third-order valence-electron chi connectivity index (χ3n) is 2.65. The quantitative estimate of drug-likeness (QED) is 0.867. The number of aliphatic hydroxyl groups is 1. The van der Waals surface area contributed by atoms with Crippen LogP contribution in [0.1, 0.15) is 56.4 Å². The average Bonchev–Trinajstić information content (AvgIpc) is 2.73. The van der Waals surface area contributed by atoms with Crippen LogP contribution in [0.15, 0.2) is 0 Å². The molecular weight excluding hydrogens is 262 g/mol. The monoisotopic (exact) mass is 285 g/mol. The predicted octanol–water partition coefficient (Wildman–Crippen LogP) is 1.97. The summed E-state index contributed by atoms with van der Waals surface area (Å²) < 4.78 is 3.85. The number of carbonyl (C=O) groups is 1. The normalized spacial score (nSPS) is 13.6. The van der Waals surface area contributed by atoms with Crippen LogP contribution in [0.2, 0.25) is 0 Å². The predicted molar refractivity (Wildman–Crippen MR) is 76.4 cm³/mol. The molecule has 19 heavy (non-hydrogen) atoms. The van der Waals surface area contributed by atoms with E-state index in [9.17, 15) is 9.90 Å². The van der Waals surface area contributed by atoms with Crippen LogP contribution in [-0.2, 0) is 5.41 Å². The molecule has 1 amide bonds. The van der Waals surface area contributed by atoms with Gasteiger partial charge in [0.25, 0.3) is 5.91 Å². The number of rotatable bonds is 5. The van der Waals surface area contributed by atoms with Crippen molar-refractivity contribution in [1.82, 2.24) is 14.9 Å². The molecule has 0 bridgehead atoms. The number of hydrogen-bond acceptors (Lipinski definition) is 5. The van der Waals surface area contributed by atoms with Gasteiger partial charge in [0.05, 0.1) is 11.8 Å². The summed E-state index contributed by atoms with van der Waals surface area (Å²) in [5.41, 5.74) is 0.490. The third-order valence-corrected chi connectivity index (χ3v) is 3.37. The summed E-state index contributed by atoms with van der Waals surface area (Å²) in [6.45, 7) is 10.3. The Balaban J connectivity index is 2.62. The Labute approximate surface area is 118 Å². The molecule has 0 aromatic carbocycles. The first kappa shape index (κ1) is 16.0. The van der Waals surface area contributed by atoms with E-state index in [4.69, 9.17) is 0 Å². The number of nitrogens with one attached hydrogen (secondary N) is 1. The summed E-state index contributed by atoms with van der Waals surface area (Å²) in [7, 11) is 0. The zero-order chi connectivity index (χ0) is 14.6. The Bertz CT molecular complexity index is 424. The van der Waals surface area contributed by atoms with Gasteiger partial charge in [0.1, 0.15) is 4.88 Å². The van der Waals surface area contributed by atoms with Crippen molar-refractivity contribution in [3.05, 3.63) is 10.6 Å². The molecule has 0 aliphatic heterocycles. The van der Waals surface area contributed by atoms with Crippen LogP contribution >= 0.6 is 11.5 Å². The number of aliphatic hydroxyl groups excluding tert-OH is 1. The van der Waals surface area contributed by atoms with Crippen LogP contribution in [0.25, 0.3) is 0 Å². The maximum Gasteiger partial charge on any atom is 0.265 e. The highest BCUT2D eigenvalue weighted by Crippen LogP contribution is 2.25. The molecule has 2 N–H and O–H groups in total. The minimum absolute atomic E-state index is 0.206. The summed E-state index contributed by atoms with van der Waals surface area (Å²) in [6, 6.07) is 0. The molecule has 108 valence electrons. The molecule has 6 heteroatoms.